The van der Waals surface area contributed by atoms with E-state index >= 15 is 0 Å². The Kier molecular flexibility index (Phi) is 4.04. The van der Waals surface area contributed by atoms with Crippen LogP contribution in [-0.4, -0.2) is 23.9 Å². The fourth-order valence-electron chi connectivity index (χ4n) is 1.35. The van der Waals surface area contributed by atoms with Crippen LogP contribution in [0.4, 0.5) is 0 Å². The number of hydrogen-bond acceptors (Lipinski definition) is 5. The van der Waals surface area contributed by atoms with Crippen molar-refractivity contribution in [1.82, 2.24) is 4.98 Å². The van der Waals surface area contributed by atoms with E-state index < -0.39 is 0 Å². The van der Waals surface area contributed by atoms with E-state index in [0.29, 0.717) is 13.2 Å². The third kappa shape index (κ3) is 2.66. The van der Waals surface area contributed by atoms with Crippen LogP contribution in [0.15, 0.2) is 22.5 Å². The molecule has 0 unspecified atom stereocenters. The van der Waals surface area contributed by atoms with E-state index in [1.54, 1.807) is 23.1 Å². The summed E-state index contributed by atoms with van der Waals surface area (Å²) in [5.74, 6) is 1.80. The molecule has 86 valence electrons. The van der Waals surface area contributed by atoms with Crippen LogP contribution in [0.3, 0.4) is 0 Å². The van der Waals surface area contributed by atoms with Gasteiger partial charge in [0.2, 0.25) is 0 Å². The van der Waals surface area contributed by atoms with E-state index in [0.717, 1.165) is 21.4 Å². The van der Waals surface area contributed by atoms with Gasteiger partial charge < -0.3 is 10.5 Å². The Morgan fingerprint density at radius 1 is 1.50 bits per heavy atom. The summed E-state index contributed by atoms with van der Waals surface area (Å²) in [6.45, 7) is 3.35. The molecule has 16 heavy (non-hydrogen) atoms. The quantitative estimate of drug-likeness (QED) is 0.833. The highest BCUT2D eigenvalue weighted by molar-refractivity contribution is 8.01. The first-order valence-corrected chi connectivity index (χ1v) is 7.00. The van der Waals surface area contributed by atoms with Crippen molar-refractivity contribution in [1.29, 1.82) is 0 Å². The highest BCUT2D eigenvalue weighted by Gasteiger charge is 2.05. The van der Waals surface area contributed by atoms with E-state index in [-0.39, 0.29) is 0 Å². The second kappa shape index (κ2) is 5.52. The monoisotopic (exact) mass is 254 g/mol. The van der Waals surface area contributed by atoms with Crippen molar-refractivity contribution < 1.29 is 4.74 Å². The number of hydrogen-bond donors (Lipinski definition) is 1. The molecule has 3 nitrogen and oxygen atoms in total. The maximum Gasteiger partial charge on any atom is 0.151 e. The minimum absolute atomic E-state index is 0.685. The lowest BCUT2D eigenvalue weighted by atomic mass is 10.3. The molecule has 0 atom stereocenters. The Morgan fingerprint density at radius 3 is 3.12 bits per heavy atom. The largest absolute Gasteiger partial charge is 0.494 e. The Morgan fingerprint density at radius 2 is 2.38 bits per heavy atom. The highest BCUT2D eigenvalue weighted by atomic mass is 32.2. The SMILES string of the molecule is CCOc1ccc2sc(SCCN)nc2c1. The summed E-state index contributed by atoms with van der Waals surface area (Å²) in [5, 5.41) is 0. The van der Waals surface area contributed by atoms with Gasteiger partial charge in [0.25, 0.3) is 0 Å². The number of fused-ring (bicyclic) bond motifs is 1. The lowest BCUT2D eigenvalue weighted by molar-refractivity contribution is 0.340. The van der Waals surface area contributed by atoms with E-state index in [4.69, 9.17) is 10.5 Å². The van der Waals surface area contributed by atoms with Crippen molar-refractivity contribution in [3.8, 4) is 5.75 Å². The molecule has 1 aromatic heterocycles. The molecule has 0 radical (unpaired) electrons. The van der Waals surface area contributed by atoms with Gasteiger partial charge in [-0.2, -0.15) is 0 Å². The predicted molar refractivity (Wildman–Crippen MR) is 70.6 cm³/mol. The van der Waals surface area contributed by atoms with Gasteiger partial charge in [-0.25, -0.2) is 4.98 Å². The van der Waals surface area contributed by atoms with Crippen molar-refractivity contribution in [2.75, 3.05) is 18.9 Å². The lowest BCUT2D eigenvalue weighted by Gasteiger charge is -2.00. The molecule has 2 N–H and O–H groups in total. The predicted octanol–water partition coefficient (Wildman–Crippen LogP) is 2.75. The fourth-order valence-corrected chi connectivity index (χ4v) is 3.24. The number of rotatable bonds is 5. The van der Waals surface area contributed by atoms with Crippen LogP contribution in [0.25, 0.3) is 10.2 Å². The molecule has 2 rings (SSSR count). The van der Waals surface area contributed by atoms with Gasteiger partial charge in [0.15, 0.2) is 4.34 Å². The topological polar surface area (TPSA) is 48.1 Å². The molecule has 0 bridgehead atoms. The number of aromatic nitrogens is 1. The number of ether oxygens (including phenoxy) is 1. The normalized spacial score (nSPS) is 10.9. The Hall–Kier alpha value is -0.780. The number of thiazole rings is 1. The number of benzene rings is 1. The van der Waals surface area contributed by atoms with Gasteiger partial charge in [-0.05, 0) is 19.1 Å². The maximum atomic E-state index is 5.47. The van der Waals surface area contributed by atoms with Crippen LogP contribution in [0, 0.1) is 0 Å². The molecule has 1 aromatic carbocycles. The summed E-state index contributed by atoms with van der Waals surface area (Å²) in [4.78, 5) is 4.54. The van der Waals surface area contributed by atoms with Gasteiger partial charge in [0.05, 0.1) is 16.8 Å². The van der Waals surface area contributed by atoms with E-state index in [1.165, 1.54) is 4.70 Å². The van der Waals surface area contributed by atoms with Gasteiger partial charge in [-0.3, -0.25) is 0 Å². The lowest BCUT2D eigenvalue weighted by Crippen LogP contribution is -2.00. The van der Waals surface area contributed by atoms with Gasteiger partial charge in [0, 0.05) is 18.4 Å². The molecule has 1 heterocycles. The minimum atomic E-state index is 0.685. The van der Waals surface area contributed by atoms with E-state index in [2.05, 4.69) is 11.1 Å². The van der Waals surface area contributed by atoms with Crippen LogP contribution < -0.4 is 10.5 Å². The van der Waals surface area contributed by atoms with Crippen LogP contribution in [-0.2, 0) is 0 Å². The molecule has 0 saturated heterocycles. The van der Waals surface area contributed by atoms with Gasteiger partial charge in [-0.1, -0.05) is 11.8 Å². The zero-order chi connectivity index (χ0) is 11.4. The summed E-state index contributed by atoms with van der Waals surface area (Å²) >= 11 is 3.41. The molecule has 0 fully saturated rings. The molecule has 0 spiro atoms. The third-order valence-corrected chi connectivity index (χ3v) is 4.21. The molecular weight excluding hydrogens is 240 g/mol. The zero-order valence-corrected chi connectivity index (χ0v) is 10.7. The first-order valence-electron chi connectivity index (χ1n) is 5.19. The van der Waals surface area contributed by atoms with Crippen LogP contribution in [0.2, 0.25) is 0 Å². The number of nitrogens with two attached hydrogens (primary N) is 1. The average Bonchev–Trinajstić information content (AvgIpc) is 2.68. The summed E-state index contributed by atoms with van der Waals surface area (Å²) < 4.78 is 7.72. The van der Waals surface area contributed by atoms with Crippen LogP contribution >= 0.6 is 23.1 Å². The van der Waals surface area contributed by atoms with Gasteiger partial charge in [-0.15, -0.1) is 11.3 Å². The molecule has 0 aliphatic heterocycles. The van der Waals surface area contributed by atoms with Crippen LogP contribution in [0.5, 0.6) is 5.75 Å². The van der Waals surface area contributed by atoms with Crippen molar-refractivity contribution in [2.24, 2.45) is 5.73 Å². The van der Waals surface area contributed by atoms with Gasteiger partial charge >= 0.3 is 0 Å². The first-order chi connectivity index (χ1) is 7.83. The molecule has 0 aliphatic carbocycles. The molecule has 0 saturated carbocycles. The van der Waals surface area contributed by atoms with Gasteiger partial charge in [0.1, 0.15) is 5.75 Å². The summed E-state index contributed by atoms with van der Waals surface area (Å²) in [6, 6.07) is 6.04. The number of nitrogens with zero attached hydrogens (tertiary/aromatic N) is 1. The van der Waals surface area contributed by atoms with Crippen molar-refractivity contribution in [3.05, 3.63) is 18.2 Å². The Labute approximate surface area is 103 Å². The molecule has 5 heteroatoms. The fraction of sp³-hybridized carbons (Fsp3) is 0.364. The molecule has 2 aromatic rings. The first kappa shape index (κ1) is 11.7. The second-order valence-electron chi connectivity index (χ2n) is 3.18. The zero-order valence-electron chi connectivity index (χ0n) is 9.10. The molecule has 0 amide bonds. The molecule has 0 aliphatic rings. The molecular formula is C11H14N2OS2. The van der Waals surface area contributed by atoms with E-state index in [1.807, 2.05) is 19.1 Å². The minimum Gasteiger partial charge on any atom is -0.494 e. The van der Waals surface area contributed by atoms with Crippen molar-refractivity contribution >= 4 is 33.3 Å². The summed E-state index contributed by atoms with van der Waals surface area (Å²) in [7, 11) is 0. The maximum absolute atomic E-state index is 5.47. The third-order valence-electron chi connectivity index (χ3n) is 1.99. The average molecular weight is 254 g/mol. The Balaban J connectivity index is 2.23. The number of thioether (sulfide) groups is 1. The van der Waals surface area contributed by atoms with E-state index in [9.17, 15) is 0 Å². The van der Waals surface area contributed by atoms with Crippen molar-refractivity contribution in [2.45, 2.75) is 11.3 Å². The smallest absolute Gasteiger partial charge is 0.151 e. The van der Waals surface area contributed by atoms with Crippen LogP contribution in [0.1, 0.15) is 6.92 Å². The van der Waals surface area contributed by atoms with Crippen molar-refractivity contribution in [3.63, 3.8) is 0 Å². The standard InChI is InChI=1S/C11H14N2OS2/c1-2-14-8-3-4-10-9(7-8)13-11(16-10)15-6-5-12/h3-4,7H,2,5-6,12H2,1H3. The summed E-state index contributed by atoms with van der Waals surface area (Å²) in [5.41, 5.74) is 6.48. The summed E-state index contributed by atoms with van der Waals surface area (Å²) in [6.07, 6.45) is 0. The Bertz CT molecular complexity index is 470. The highest BCUT2D eigenvalue weighted by Crippen LogP contribution is 2.31. The second-order valence-corrected chi connectivity index (χ2v) is 5.55.